The van der Waals surface area contributed by atoms with E-state index in [4.69, 9.17) is 10.2 Å². The first-order valence-electron chi connectivity index (χ1n) is 5.53. The van der Waals surface area contributed by atoms with Crippen molar-refractivity contribution in [2.45, 2.75) is 12.6 Å². The maximum atomic E-state index is 11.6. The largest absolute Gasteiger partial charge is 0.480 e. The molecule has 0 saturated heterocycles. The van der Waals surface area contributed by atoms with Gasteiger partial charge in [0.2, 0.25) is 11.7 Å². The molecule has 20 heavy (non-hydrogen) atoms. The average Bonchev–Trinajstić information content (AvgIpc) is 3.05. The third-order valence-electron chi connectivity index (χ3n) is 2.33. The van der Waals surface area contributed by atoms with E-state index in [0.717, 1.165) is 10.4 Å². The van der Waals surface area contributed by atoms with Crippen LogP contribution in [0.3, 0.4) is 0 Å². The van der Waals surface area contributed by atoms with E-state index in [0.29, 0.717) is 5.82 Å². The molecule has 1 unspecified atom stereocenters. The predicted octanol–water partition coefficient (Wildman–Crippen LogP) is -1.04. The SMILES string of the molecule is O=C(Cn1nnc(-c2ccsc2)n1)NC(CO)C(=O)O. The van der Waals surface area contributed by atoms with Gasteiger partial charge >= 0.3 is 5.97 Å². The summed E-state index contributed by atoms with van der Waals surface area (Å²) in [7, 11) is 0. The Morgan fingerprint density at radius 2 is 2.30 bits per heavy atom. The summed E-state index contributed by atoms with van der Waals surface area (Å²) in [6.07, 6.45) is 0. The molecule has 0 aliphatic heterocycles. The normalized spacial score (nSPS) is 12.1. The third-order valence-corrected chi connectivity index (χ3v) is 3.02. The molecular formula is C10H11N5O4S. The molecule has 0 saturated carbocycles. The molecule has 0 radical (unpaired) electrons. The summed E-state index contributed by atoms with van der Waals surface area (Å²) in [6, 6.07) is 0.473. The number of carbonyl (C=O) groups excluding carboxylic acids is 1. The van der Waals surface area contributed by atoms with Gasteiger partial charge in [0, 0.05) is 10.9 Å². The van der Waals surface area contributed by atoms with Crippen molar-refractivity contribution in [3.8, 4) is 11.4 Å². The van der Waals surface area contributed by atoms with Crippen LogP contribution < -0.4 is 5.32 Å². The summed E-state index contributed by atoms with van der Waals surface area (Å²) in [6.45, 7) is -0.965. The molecule has 9 nitrogen and oxygen atoms in total. The lowest BCUT2D eigenvalue weighted by atomic mass is 10.3. The van der Waals surface area contributed by atoms with E-state index in [1.165, 1.54) is 11.3 Å². The molecule has 1 atom stereocenters. The molecular weight excluding hydrogens is 286 g/mol. The minimum atomic E-state index is -1.35. The lowest BCUT2D eigenvalue weighted by Crippen LogP contribution is -2.44. The van der Waals surface area contributed by atoms with Crippen LogP contribution in [0.25, 0.3) is 11.4 Å². The molecule has 1 amide bonds. The second kappa shape index (κ2) is 6.21. The zero-order valence-corrected chi connectivity index (χ0v) is 10.9. The number of hydrogen-bond acceptors (Lipinski definition) is 7. The van der Waals surface area contributed by atoms with Crippen LogP contribution in [0.5, 0.6) is 0 Å². The van der Waals surface area contributed by atoms with E-state index >= 15 is 0 Å². The van der Waals surface area contributed by atoms with Gasteiger partial charge in [-0.05, 0) is 16.7 Å². The minimum absolute atomic E-state index is 0.277. The summed E-state index contributed by atoms with van der Waals surface area (Å²) >= 11 is 1.48. The second-order valence-electron chi connectivity index (χ2n) is 3.80. The summed E-state index contributed by atoms with van der Waals surface area (Å²) in [5, 5.41) is 34.8. The molecule has 3 N–H and O–H groups in total. The van der Waals surface area contributed by atoms with Gasteiger partial charge in [-0.25, -0.2) is 4.79 Å². The van der Waals surface area contributed by atoms with Gasteiger partial charge in [-0.1, -0.05) is 0 Å². The van der Waals surface area contributed by atoms with Gasteiger partial charge in [0.25, 0.3) is 0 Å². The first-order chi connectivity index (χ1) is 9.60. The number of tetrazole rings is 1. The van der Waals surface area contributed by atoms with Gasteiger partial charge in [-0.2, -0.15) is 16.1 Å². The molecule has 106 valence electrons. The quantitative estimate of drug-likeness (QED) is 0.621. The Labute approximate surface area is 116 Å². The van der Waals surface area contributed by atoms with E-state index in [1.807, 2.05) is 16.8 Å². The second-order valence-corrected chi connectivity index (χ2v) is 4.58. The van der Waals surface area contributed by atoms with Crippen LogP contribution in [0.4, 0.5) is 0 Å². The number of thiophene rings is 1. The van der Waals surface area contributed by atoms with E-state index in [9.17, 15) is 9.59 Å². The fourth-order valence-electron chi connectivity index (χ4n) is 1.37. The van der Waals surface area contributed by atoms with Crippen molar-refractivity contribution < 1.29 is 19.8 Å². The maximum Gasteiger partial charge on any atom is 0.328 e. The summed E-state index contributed by atoms with van der Waals surface area (Å²) in [4.78, 5) is 23.3. The molecule has 0 bridgehead atoms. The van der Waals surface area contributed by atoms with Gasteiger partial charge in [-0.3, -0.25) is 4.79 Å². The number of carboxylic acids is 1. The molecule has 0 spiro atoms. The Morgan fingerprint density at radius 3 is 2.90 bits per heavy atom. The maximum absolute atomic E-state index is 11.6. The first kappa shape index (κ1) is 14.1. The number of aliphatic hydroxyl groups is 1. The van der Waals surface area contributed by atoms with Crippen LogP contribution in [0.15, 0.2) is 16.8 Å². The Kier molecular flexibility index (Phi) is 4.38. The standard InChI is InChI=1S/C10H11N5O4S/c16-4-7(10(18)19)11-8(17)3-15-13-9(12-14-15)6-1-2-20-5-6/h1-2,5,7,16H,3-4H2,(H,11,17)(H,18,19). The third kappa shape index (κ3) is 3.36. The molecule has 0 fully saturated rings. The summed E-state index contributed by atoms with van der Waals surface area (Å²) < 4.78 is 0. The first-order valence-corrected chi connectivity index (χ1v) is 6.48. The van der Waals surface area contributed by atoms with E-state index < -0.39 is 24.5 Å². The van der Waals surface area contributed by atoms with Crippen molar-refractivity contribution in [2.75, 3.05) is 6.61 Å². The molecule has 2 heterocycles. The molecule has 2 aromatic heterocycles. The van der Waals surface area contributed by atoms with Crippen molar-refractivity contribution in [3.05, 3.63) is 16.8 Å². The van der Waals surface area contributed by atoms with Crippen LogP contribution in [-0.2, 0) is 16.1 Å². The van der Waals surface area contributed by atoms with Crippen molar-refractivity contribution in [2.24, 2.45) is 0 Å². The van der Waals surface area contributed by atoms with Crippen molar-refractivity contribution in [3.63, 3.8) is 0 Å². The predicted molar refractivity (Wildman–Crippen MR) is 67.8 cm³/mol. The Morgan fingerprint density at radius 1 is 1.50 bits per heavy atom. The van der Waals surface area contributed by atoms with Crippen LogP contribution in [0.2, 0.25) is 0 Å². The number of carbonyl (C=O) groups is 2. The number of hydrogen-bond donors (Lipinski definition) is 3. The van der Waals surface area contributed by atoms with Gasteiger partial charge in [0.1, 0.15) is 12.6 Å². The molecule has 0 aliphatic rings. The fraction of sp³-hybridized carbons (Fsp3) is 0.300. The van der Waals surface area contributed by atoms with Gasteiger partial charge in [-0.15, -0.1) is 10.2 Å². The number of nitrogens with one attached hydrogen (secondary N) is 1. The number of aromatic nitrogens is 4. The highest BCUT2D eigenvalue weighted by molar-refractivity contribution is 7.08. The Hall–Kier alpha value is -2.33. The zero-order chi connectivity index (χ0) is 14.5. The van der Waals surface area contributed by atoms with Crippen molar-refractivity contribution in [1.82, 2.24) is 25.5 Å². The van der Waals surface area contributed by atoms with E-state index in [2.05, 4.69) is 20.7 Å². The Balaban J connectivity index is 1.97. The molecule has 0 aromatic carbocycles. The topological polar surface area (TPSA) is 130 Å². The van der Waals surface area contributed by atoms with Gasteiger partial charge in [0.15, 0.2) is 0 Å². The van der Waals surface area contributed by atoms with E-state index in [-0.39, 0.29) is 6.54 Å². The van der Waals surface area contributed by atoms with Crippen LogP contribution >= 0.6 is 11.3 Å². The number of amides is 1. The fourth-order valence-corrected chi connectivity index (χ4v) is 2.01. The summed E-state index contributed by atoms with van der Waals surface area (Å²) in [5.41, 5.74) is 0.792. The van der Waals surface area contributed by atoms with Crippen molar-refractivity contribution >= 4 is 23.2 Å². The van der Waals surface area contributed by atoms with Crippen LogP contribution in [0, 0.1) is 0 Å². The molecule has 10 heteroatoms. The van der Waals surface area contributed by atoms with Crippen LogP contribution in [0.1, 0.15) is 0 Å². The van der Waals surface area contributed by atoms with Crippen molar-refractivity contribution in [1.29, 1.82) is 0 Å². The lowest BCUT2D eigenvalue weighted by molar-refractivity contribution is -0.143. The summed E-state index contributed by atoms with van der Waals surface area (Å²) in [5.74, 6) is -1.55. The van der Waals surface area contributed by atoms with Gasteiger partial charge in [0.05, 0.1) is 6.61 Å². The zero-order valence-electron chi connectivity index (χ0n) is 10.1. The highest BCUT2D eigenvalue weighted by Crippen LogP contribution is 2.16. The highest BCUT2D eigenvalue weighted by Gasteiger charge is 2.19. The molecule has 2 rings (SSSR count). The monoisotopic (exact) mass is 297 g/mol. The van der Waals surface area contributed by atoms with E-state index in [1.54, 1.807) is 0 Å². The number of aliphatic carboxylic acids is 1. The number of rotatable bonds is 6. The number of carboxylic acid groups (broad SMARTS) is 1. The van der Waals surface area contributed by atoms with Gasteiger partial charge < -0.3 is 15.5 Å². The smallest absolute Gasteiger partial charge is 0.328 e. The average molecular weight is 297 g/mol. The molecule has 0 aliphatic carbocycles. The Bertz CT molecular complexity index is 597. The number of aliphatic hydroxyl groups excluding tert-OH is 1. The lowest BCUT2D eigenvalue weighted by Gasteiger charge is -2.10. The number of nitrogens with zero attached hydrogens (tertiary/aromatic N) is 4. The molecule has 2 aromatic rings. The minimum Gasteiger partial charge on any atom is -0.480 e. The van der Waals surface area contributed by atoms with Crippen LogP contribution in [-0.4, -0.2) is 54.9 Å². The highest BCUT2D eigenvalue weighted by atomic mass is 32.1.